The van der Waals surface area contributed by atoms with Crippen LogP contribution in [0.5, 0.6) is 0 Å². The minimum atomic E-state index is -0.779. The topological polar surface area (TPSA) is 59.5 Å². The molecule has 1 amide bonds. The number of ether oxygens (including phenoxy) is 1. The number of carbonyl (C=O) groups excluding carboxylic acids is 1. The highest BCUT2D eigenvalue weighted by Gasteiger charge is 2.38. The molecule has 2 aromatic carbocycles. The van der Waals surface area contributed by atoms with Crippen LogP contribution in [0.25, 0.3) is 0 Å². The van der Waals surface area contributed by atoms with Gasteiger partial charge < -0.3 is 24.5 Å². The molecule has 0 aromatic heterocycles. The molecule has 0 unspecified atom stereocenters. The quantitative estimate of drug-likeness (QED) is 0.618. The fraction of sp³-hybridized carbons (Fsp3) is 0.552. The zero-order valence-electron chi connectivity index (χ0n) is 21.6. The molecule has 3 heterocycles. The van der Waals surface area contributed by atoms with Gasteiger partial charge in [-0.1, -0.05) is 30.3 Å². The van der Waals surface area contributed by atoms with Crippen molar-refractivity contribution >= 4 is 11.6 Å². The van der Waals surface area contributed by atoms with E-state index in [0.717, 1.165) is 57.8 Å². The summed E-state index contributed by atoms with van der Waals surface area (Å²) in [4.78, 5) is 22.2. The highest BCUT2D eigenvalue weighted by atomic mass is 19.1. The second kappa shape index (κ2) is 12.3. The smallest absolute Gasteiger partial charge is 0.254 e. The molecule has 0 spiro atoms. The SMILES string of the molecule is O=C([C@H]1O[C@@H](CCN2CCN(Cc3ccccc3)CC2)CC[C@@H]1O)N1CCN(c2ccc(F)cc2)CC1. The summed E-state index contributed by atoms with van der Waals surface area (Å²) in [7, 11) is 0. The summed E-state index contributed by atoms with van der Waals surface area (Å²) in [5.41, 5.74) is 2.32. The van der Waals surface area contributed by atoms with Gasteiger partial charge >= 0.3 is 0 Å². The summed E-state index contributed by atoms with van der Waals surface area (Å²) in [6.07, 6.45) is 0.742. The average Bonchev–Trinajstić information content (AvgIpc) is 2.94. The number of hydrogen-bond donors (Lipinski definition) is 1. The lowest BCUT2D eigenvalue weighted by molar-refractivity contribution is -0.168. The minimum Gasteiger partial charge on any atom is -0.390 e. The molecule has 0 radical (unpaired) electrons. The molecule has 3 atom stereocenters. The number of aliphatic hydroxyl groups is 1. The van der Waals surface area contributed by atoms with Gasteiger partial charge in [0.25, 0.3) is 5.91 Å². The predicted molar refractivity (Wildman–Crippen MR) is 142 cm³/mol. The second-order valence-corrected chi connectivity index (χ2v) is 10.5. The first-order valence-electron chi connectivity index (χ1n) is 13.7. The highest BCUT2D eigenvalue weighted by Crippen LogP contribution is 2.25. The Balaban J connectivity index is 1.05. The largest absolute Gasteiger partial charge is 0.390 e. The Labute approximate surface area is 219 Å². The minimum absolute atomic E-state index is 0.000188. The standard InChI is InChI=1S/C29H39FN4O3/c30-24-6-8-25(9-7-24)33-18-20-34(21-19-33)29(36)28-27(35)11-10-26(37-28)12-13-31-14-16-32(17-15-31)22-23-4-2-1-3-5-23/h1-9,26-28,35H,10-22H2/t26-,27+,28+/m1/s1. The van der Waals surface area contributed by atoms with Crippen LogP contribution in [0, 0.1) is 5.82 Å². The van der Waals surface area contributed by atoms with Crippen LogP contribution in [0.1, 0.15) is 24.8 Å². The van der Waals surface area contributed by atoms with E-state index in [4.69, 9.17) is 4.74 Å². The first kappa shape index (κ1) is 26.1. The lowest BCUT2D eigenvalue weighted by Gasteiger charge is -2.41. The number of amides is 1. The molecule has 200 valence electrons. The van der Waals surface area contributed by atoms with Gasteiger partial charge in [0, 0.05) is 71.1 Å². The summed E-state index contributed by atoms with van der Waals surface area (Å²) in [5, 5.41) is 10.6. The van der Waals surface area contributed by atoms with Crippen molar-refractivity contribution in [1.29, 1.82) is 0 Å². The molecule has 0 bridgehead atoms. The fourth-order valence-corrected chi connectivity index (χ4v) is 5.67. The van der Waals surface area contributed by atoms with Gasteiger partial charge in [-0.25, -0.2) is 4.39 Å². The molecule has 3 fully saturated rings. The molecule has 1 N–H and O–H groups in total. The van der Waals surface area contributed by atoms with E-state index in [9.17, 15) is 14.3 Å². The number of nitrogens with zero attached hydrogens (tertiary/aromatic N) is 4. The molecular formula is C29H39FN4O3. The third-order valence-electron chi connectivity index (χ3n) is 7.98. The van der Waals surface area contributed by atoms with Gasteiger partial charge in [0.2, 0.25) is 0 Å². The molecule has 3 saturated heterocycles. The van der Waals surface area contributed by atoms with Crippen molar-refractivity contribution in [2.75, 3.05) is 63.8 Å². The number of benzene rings is 2. The number of rotatable bonds is 7. The van der Waals surface area contributed by atoms with Crippen molar-refractivity contribution in [3.8, 4) is 0 Å². The van der Waals surface area contributed by atoms with Crippen molar-refractivity contribution in [2.24, 2.45) is 0 Å². The summed E-state index contributed by atoms with van der Waals surface area (Å²) in [5.74, 6) is -0.355. The Kier molecular flexibility index (Phi) is 8.71. The van der Waals surface area contributed by atoms with Crippen LogP contribution in [0.4, 0.5) is 10.1 Å². The van der Waals surface area contributed by atoms with Crippen LogP contribution in [0.2, 0.25) is 0 Å². The maximum absolute atomic E-state index is 13.2. The van der Waals surface area contributed by atoms with Crippen LogP contribution in [-0.2, 0) is 16.1 Å². The van der Waals surface area contributed by atoms with Gasteiger partial charge in [-0.15, -0.1) is 0 Å². The maximum atomic E-state index is 13.2. The van der Waals surface area contributed by atoms with E-state index in [1.807, 2.05) is 4.90 Å². The van der Waals surface area contributed by atoms with Crippen molar-refractivity contribution in [3.05, 3.63) is 66.0 Å². The van der Waals surface area contributed by atoms with Crippen molar-refractivity contribution in [2.45, 2.75) is 44.1 Å². The monoisotopic (exact) mass is 510 g/mol. The van der Waals surface area contributed by atoms with Gasteiger partial charge in [0.15, 0.2) is 6.10 Å². The van der Waals surface area contributed by atoms with E-state index in [0.29, 0.717) is 32.6 Å². The van der Waals surface area contributed by atoms with Crippen molar-refractivity contribution in [3.63, 3.8) is 0 Å². The Morgan fingerprint density at radius 3 is 2.24 bits per heavy atom. The average molecular weight is 511 g/mol. The number of piperazine rings is 2. The van der Waals surface area contributed by atoms with E-state index in [1.54, 1.807) is 12.1 Å². The van der Waals surface area contributed by atoms with E-state index in [1.165, 1.54) is 17.7 Å². The summed E-state index contributed by atoms with van der Waals surface area (Å²) in [6, 6.07) is 17.1. The van der Waals surface area contributed by atoms with Gasteiger partial charge in [-0.2, -0.15) is 0 Å². The van der Waals surface area contributed by atoms with Crippen LogP contribution in [-0.4, -0.2) is 103 Å². The normalized spacial score (nSPS) is 25.8. The van der Waals surface area contributed by atoms with Gasteiger partial charge in [-0.05, 0) is 49.1 Å². The Morgan fingerprint density at radius 1 is 0.865 bits per heavy atom. The van der Waals surface area contributed by atoms with E-state index in [-0.39, 0.29) is 17.8 Å². The summed E-state index contributed by atoms with van der Waals surface area (Å²) < 4.78 is 19.4. The number of halogens is 1. The van der Waals surface area contributed by atoms with Gasteiger partial charge in [0.1, 0.15) is 5.82 Å². The number of anilines is 1. The Bertz CT molecular complexity index is 992. The molecule has 0 saturated carbocycles. The third kappa shape index (κ3) is 6.87. The van der Waals surface area contributed by atoms with E-state index in [2.05, 4.69) is 45.0 Å². The first-order chi connectivity index (χ1) is 18.0. The Hall–Kier alpha value is -2.52. The summed E-state index contributed by atoms with van der Waals surface area (Å²) in [6.45, 7) is 8.67. The molecule has 37 heavy (non-hydrogen) atoms. The molecule has 7 nitrogen and oxygen atoms in total. The molecule has 5 rings (SSSR count). The van der Waals surface area contributed by atoms with Crippen LogP contribution in [0.15, 0.2) is 54.6 Å². The maximum Gasteiger partial charge on any atom is 0.254 e. The fourth-order valence-electron chi connectivity index (χ4n) is 5.67. The first-order valence-corrected chi connectivity index (χ1v) is 13.7. The number of hydrogen-bond acceptors (Lipinski definition) is 6. The molecular weight excluding hydrogens is 471 g/mol. The summed E-state index contributed by atoms with van der Waals surface area (Å²) >= 11 is 0. The van der Waals surface area contributed by atoms with Crippen molar-refractivity contribution in [1.82, 2.24) is 14.7 Å². The second-order valence-electron chi connectivity index (χ2n) is 10.5. The predicted octanol–water partition coefficient (Wildman–Crippen LogP) is 2.59. The number of carbonyl (C=O) groups is 1. The van der Waals surface area contributed by atoms with E-state index >= 15 is 0 Å². The highest BCUT2D eigenvalue weighted by molar-refractivity contribution is 5.82. The van der Waals surface area contributed by atoms with Crippen LogP contribution >= 0.6 is 0 Å². The molecule has 8 heteroatoms. The third-order valence-corrected chi connectivity index (χ3v) is 7.98. The van der Waals surface area contributed by atoms with Crippen LogP contribution < -0.4 is 4.90 Å². The molecule has 3 aliphatic heterocycles. The van der Waals surface area contributed by atoms with Gasteiger partial charge in [0.05, 0.1) is 12.2 Å². The zero-order chi connectivity index (χ0) is 25.6. The zero-order valence-corrected chi connectivity index (χ0v) is 21.6. The lowest BCUT2D eigenvalue weighted by Crippen LogP contribution is -2.56. The molecule has 2 aromatic rings. The Morgan fingerprint density at radius 2 is 1.54 bits per heavy atom. The van der Waals surface area contributed by atoms with E-state index < -0.39 is 12.2 Å². The van der Waals surface area contributed by atoms with Crippen molar-refractivity contribution < 1.29 is 19.0 Å². The molecule has 3 aliphatic rings. The van der Waals surface area contributed by atoms with Gasteiger partial charge in [-0.3, -0.25) is 9.69 Å². The number of aliphatic hydroxyl groups excluding tert-OH is 1. The molecule has 0 aliphatic carbocycles. The lowest BCUT2D eigenvalue weighted by atomic mass is 9.98. The van der Waals surface area contributed by atoms with Crippen LogP contribution in [0.3, 0.4) is 0 Å².